The van der Waals surface area contributed by atoms with Crippen molar-refractivity contribution in [2.75, 3.05) is 35.4 Å². The lowest BCUT2D eigenvalue weighted by molar-refractivity contribution is -0.117. The predicted molar refractivity (Wildman–Crippen MR) is 112 cm³/mol. The zero-order chi connectivity index (χ0) is 20.3. The number of halogens is 1. The zero-order valence-corrected chi connectivity index (χ0v) is 17.4. The minimum absolute atomic E-state index is 0.00285. The number of nitrogens with zero attached hydrogens (tertiary/aromatic N) is 1. The number of methoxy groups -OCH3 is 1. The molecule has 1 saturated heterocycles. The van der Waals surface area contributed by atoms with Crippen LogP contribution >= 0.6 is 11.6 Å². The van der Waals surface area contributed by atoms with E-state index in [1.54, 1.807) is 11.0 Å². The maximum Gasteiger partial charge on any atom is 0.246 e. The Bertz CT molecular complexity index is 964. The first-order valence-corrected chi connectivity index (χ1v) is 11.2. The van der Waals surface area contributed by atoms with Crippen molar-refractivity contribution in [2.45, 2.75) is 19.4 Å². The van der Waals surface area contributed by atoms with Gasteiger partial charge in [-0.2, -0.15) is 0 Å². The molecule has 0 spiro atoms. The monoisotopic (exact) mass is 422 g/mol. The molecule has 1 aliphatic rings. The largest absolute Gasteiger partial charge is 0.495 e. The van der Waals surface area contributed by atoms with E-state index in [9.17, 15) is 13.2 Å². The van der Waals surface area contributed by atoms with E-state index in [4.69, 9.17) is 16.3 Å². The van der Waals surface area contributed by atoms with E-state index in [2.05, 4.69) is 5.32 Å². The highest BCUT2D eigenvalue weighted by Gasteiger charge is 2.35. The second-order valence-corrected chi connectivity index (χ2v) is 9.45. The fraction of sp³-hybridized carbons (Fsp3) is 0.350. The van der Waals surface area contributed by atoms with Gasteiger partial charge in [-0.3, -0.25) is 4.79 Å². The van der Waals surface area contributed by atoms with Gasteiger partial charge in [0.15, 0.2) is 9.84 Å². The Morgan fingerprint density at radius 3 is 2.61 bits per heavy atom. The van der Waals surface area contributed by atoms with Gasteiger partial charge in [0.1, 0.15) is 5.75 Å². The zero-order valence-electron chi connectivity index (χ0n) is 15.8. The Morgan fingerprint density at radius 1 is 1.29 bits per heavy atom. The maximum absolute atomic E-state index is 13.1. The van der Waals surface area contributed by atoms with Gasteiger partial charge in [-0.05, 0) is 37.1 Å². The van der Waals surface area contributed by atoms with E-state index in [1.807, 2.05) is 43.3 Å². The van der Waals surface area contributed by atoms with E-state index in [1.165, 1.54) is 7.11 Å². The predicted octanol–water partition coefficient (Wildman–Crippen LogP) is 3.29. The molecule has 1 amide bonds. The number of aryl methyl sites for hydroxylation is 1. The first-order chi connectivity index (χ1) is 13.3. The van der Waals surface area contributed by atoms with Crippen molar-refractivity contribution >= 4 is 38.7 Å². The minimum atomic E-state index is -3.12. The Labute approximate surface area is 170 Å². The molecule has 0 aliphatic carbocycles. The molecule has 0 aromatic heterocycles. The Hall–Kier alpha value is -2.25. The summed E-state index contributed by atoms with van der Waals surface area (Å²) in [6.07, 6.45) is 0.437. The normalized spacial score (nSPS) is 17.9. The molecule has 0 saturated carbocycles. The first kappa shape index (κ1) is 20.5. The van der Waals surface area contributed by atoms with Gasteiger partial charge in [-0.15, -0.1) is 0 Å². The number of benzene rings is 2. The van der Waals surface area contributed by atoms with Gasteiger partial charge in [-0.1, -0.05) is 29.8 Å². The van der Waals surface area contributed by atoms with Crippen molar-refractivity contribution in [1.29, 1.82) is 0 Å². The quantitative estimate of drug-likeness (QED) is 0.773. The highest BCUT2D eigenvalue weighted by Crippen LogP contribution is 2.31. The van der Waals surface area contributed by atoms with Crippen LogP contribution in [0.3, 0.4) is 0 Å². The van der Waals surface area contributed by atoms with E-state index in [0.717, 1.165) is 5.56 Å². The van der Waals surface area contributed by atoms with Gasteiger partial charge < -0.3 is 15.0 Å². The molecule has 2 aromatic carbocycles. The molecule has 0 bridgehead atoms. The number of anilines is 2. The molecule has 6 nitrogen and oxygen atoms in total. The average molecular weight is 423 g/mol. The molecule has 1 N–H and O–H groups in total. The summed E-state index contributed by atoms with van der Waals surface area (Å²) in [6.45, 7) is 1.87. The summed E-state index contributed by atoms with van der Waals surface area (Å²) in [5, 5.41) is 3.68. The number of hydrogen-bond donors (Lipinski definition) is 1. The first-order valence-electron chi connectivity index (χ1n) is 8.96. The lowest BCUT2D eigenvalue weighted by Gasteiger charge is -2.29. The van der Waals surface area contributed by atoms with Gasteiger partial charge in [0, 0.05) is 16.8 Å². The number of sulfone groups is 1. The number of carbonyl (C=O) groups is 1. The Kier molecular flexibility index (Phi) is 6.15. The molecule has 0 radical (unpaired) electrons. The molecule has 28 heavy (non-hydrogen) atoms. The molecule has 1 fully saturated rings. The molecular weight excluding hydrogens is 400 g/mol. The van der Waals surface area contributed by atoms with E-state index >= 15 is 0 Å². The highest BCUT2D eigenvalue weighted by molar-refractivity contribution is 7.91. The molecule has 1 aliphatic heterocycles. The fourth-order valence-corrected chi connectivity index (χ4v) is 5.21. The number of rotatable bonds is 6. The average Bonchev–Trinajstić information content (AvgIpc) is 3.02. The van der Waals surface area contributed by atoms with Crippen LogP contribution in [-0.2, 0) is 14.6 Å². The van der Waals surface area contributed by atoms with Gasteiger partial charge in [0.2, 0.25) is 5.91 Å². The summed E-state index contributed by atoms with van der Waals surface area (Å²) < 4.78 is 29.2. The molecule has 0 unspecified atom stereocenters. The van der Waals surface area contributed by atoms with E-state index in [0.29, 0.717) is 28.6 Å². The van der Waals surface area contributed by atoms with Crippen LogP contribution < -0.4 is 15.0 Å². The molecule has 3 rings (SSSR count). The van der Waals surface area contributed by atoms with Crippen LogP contribution in [0.1, 0.15) is 12.0 Å². The number of para-hydroxylation sites is 1. The van der Waals surface area contributed by atoms with Crippen molar-refractivity contribution < 1.29 is 17.9 Å². The van der Waals surface area contributed by atoms with Crippen molar-refractivity contribution in [1.82, 2.24) is 0 Å². The smallest absolute Gasteiger partial charge is 0.246 e. The van der Waals surface area contributed by atoms with Crippen LogP contribution in [0.2, 0.25) is 5.02 Å². The summed E-state index contributed by atoms with van der Waals surface area (Å²) in [4.78, 5) is 14.7. The number of hydrogen-bond acceptors (Lipinski definition) is 5. The van der Waals surface area contributed by atoms with Crippen molar-refractivity contribution in [3.63, 3.8) is 0 Å². The van der Waals surface area contributed by atoms with Crippen LogP contribution in [0.15, 0.2) is 42.5 Å². The van der Waals surface area contributed by atoms with Crippen molar-refractivity contribution in [3.05, 3.63) is 53.1 Å². The van der Waals surface area contributed by atoms with Gasteiger partial charge in [0.25, 0.3) is 0 Å². The van der Waals surface area contributed by atoms with Gasteiger partial charge in [0.05, 0.1) is 36.9 Å². The standard InChI is InChI=1S/C20H23ClN2O4S/c1-14-10-18(19(27-2)11-17(14)21)22-12-20(24)23(15-6-4-3-5-7-15)16-8-9-28(25,26)13-16/h3-7,10-11,16,22H,8-9,12-13H2,1-2H3/t16-/m1/s1. The lowest BCUT2D eigenvalue weighted by atomic mass is 10.1. The molecule has 2 aromatic rings. The maximum atomic E-state index is 13.1. The second kappa shape index (κ2) is 8.41. The summed E-state index contributed by atoms with van der Waals surface area (Å²) in [7, 11) is -1.58. The van der Waals surface area contributed by atoms with Gasteiger partial charge in [-0.25, -0.2) is 8.42 Å². The highest BCUT2D eigenvalue weighted by atomic mass is 35.5. The van der Waals surface area contributed by atoms with Crippen LogP contribution in [0.25, 0.3) is 0 Å². The lowest BCUT2D eigenvalue weighted by Crippen LogP contribution is -2.44. The number of nitrogens with one attached hydrogen (secondary N) is 1. The number of amides is 1. The van der Waals surface area contributed by atoms with E-state index < -0.39 is 9.84 Å². The van der Waals surface area contributed by atoms with Crippen LogP contribution in [-0.4, -0.2) is 45.5 Å². The third-order valence-electron chi connectivity index (χ3n) is 4.79. The third kappa shape index (κ3) is 4.59. The summed E-state index contributed by atoms with van der Waals surface area (Å²) in [5.74, 6) is 0.421. The minimum Gasteiger partial charge on any atom is -0.495 e. The Balaban J connectivity index is 1.82. The molecular formula is C20H23ClN2O4S. The molecule has 1 heterocycles. The van der Waals surface area contributed by atoms with Crippen molar-refractivity contribution in [3.8, 4) is 5.75 Å². The number of carbonyl (C=O) groups excluding carboxylic acids is 1. The fourth-order valence-electron chi connectivity index (χ4n) is 3.35. The van der Waals surface area contributed by atoms with Crippen molar-refractivity contribution in [2.24, 2.45) is 0 Å². The summed E-state index contributed by atoms with van der Waals surface area (Å²) >= 11 is 6.13. The van der Waals surface area contributed by atoms with Crippen LogP contribution in [0, 0.1) is 6.92 Å². The third-order valence-corrected chi connectivity index (χ3v) is 6.94. The SMILES string of the molecule is COc1cc(Cl)c(C)cc1NCC(=O)N(c1ccccc1)[C@@H]1CCS(=O)(=O)C1. The van der Waals surface area contributed by atoms with Gasteiger partial charge >= 0.3 is 0 Å². The summed E-state index contributed by atoms with van der Waals surface area (Å²) in [5.41, 5.74) is 2.21. The Morgan fingerprint density at radius 2 is 2.00 bits per heavy atom. The molecule has 8 heteroatoms. The van der Waals surface area contributed by atoms with E-state index in [-0.39, 0.29) is 30.0 Å². The van der Waals surface area contributed by atoms with Crippen LogP contribution in [0.5, 0.6) is 5.75 Å². The number of ether oxygens (including phenoxy) is 1. The molecule has 1 atom stereocenters. The summed E-state index contributed by atoms with van der Waals surface area (Å²) in [6, 6.07) is 12.3. The molecule has 150 valence electrons. The topological polar surface area (TPSA) is 75.7 Å². The second-order valence-electron chi connectivity index (χ2n) is 6.81. The van der Waals surface area contributed by atoms with Crippen LogP contribution in [0.4, 0.5) is 11.4 Å².